The summed E-state index contributed by atoms with van der Waals surface area (Å²) in [7, 11) is 0. The molecule has 0 saturated heterocycles. The highest BCUT2D eigenvalue weighted by Crippen LogP contribution is 2.42. The van der Waals surface area contributed by atoms with Crippen molar-refractivity contribution in [2.24, 2.45) is 0 Å². The SMILES string of the molecule is O=C1C=CC2(F)OC(=O)c3ccc(F)cc3C2=C1. The van der Waals surface area contributed by atoms with Crippen LogP contribution in [0.2, 0.25) is 0 Å². The van der Waals surface area contributed by atoms with Gasteiger partial charge in [-0.3, -0.25) is 4.79 Å². The average Bonchev–Trinajstić information content (AvgIpc) is 2.31. The predicted octanol–water partition coefficient (Wildman–Crippen LogP) is 2.18. The topological polar surface area (TPSA) is 43.4 Å². The summed E-state index contributed by atoms with van der Waals surface area (Å²) in [6.45, 7) is 0. The molecule has 0 N–H and O–H groups in total. The van der Waals surface area contributed by atoms with Crippen molar-refractivity contribution in [1.29, 1.82) is 0 Å². The third-order valence-corrected chi connectivity index (χ3v) is 2.85. The van der Waals surface area contributed by atoms with Crippen LogP contribution in [-0.4, -0.2) is 17.6 Å². The molecule has 1 unspecified atom stereocenters. The van der Waals surface area contributed by atoms with Crippen LogP contribution in [0.5, 0.6) is 0 Å². The van der Waals surface area contributed by atoms with E-state index in [9.17, 15) is 18.4 Å². The molecule has 0 radical (unpaired) electrons. The molecule has 18 heavy (non-hydrogen) atoms. The van der Waals surface area contributed by atoms with Gasteiger partial charge >= 0.3 is 5.97 Å². The minimum atomic E-state index is -2.49. The second-order valence-corrected chi connectivity index (χ2v) is 4.02. The lowest BCUT2D eigenvalue weighted by Crippen LogP contribution is -2.36. The highest BCUT2D eigenvalue weighted by Gasteiger charge is 2.45. The number of hydrogen-bond donors (Lipinski definition) is 0. The number of esters is 1. The van der Waals surface area contributed by atoms with Crippen LogP contribution in [0.25, 0.3) is 5.57 Å². The normalized spacial score (nSPS) is 25.1. The molecule has 0 spiro atoms. The molecule has 0 saturated carbocycles. The number of ketones is 1. The third-order valence-electron chi connectivity index (χ3n) is 2.85. The molecule has 1 aliphatic heterocycles. The van der Waals surface area contributed by atoms with Crippen molar-refractivity contribution in [1.82, 2.24) is 0 Å². The molecule has 90 valence electrons. The van der Waals surface area contributed by atoms with Gasteiger partial charge in [0.15, 0.2) is 5.78 Å². The van der Waals surface area contributed by atoms with Crippen LogP contribution in [0.1, 0.15) is 15.9 Å². The van der Waals surface area contributed by atoms with Gasteiger partial charge in [0.2, 0.25) is 0 Å². The van der Waals surface area contributed by atoms with Gasteiger partial charge in [-0.2, -0.15) is 4.39 Å². The Morgan fingerprint density at radius 3 is 2.72 bits per heavy atom. The van der Waals surface area contributed by atoms with Crippen molar-refractivity contribution in [3.8, 4) is 0 Å². The van der Waals surface area contributed by atoms with Gasteiger partial charge in [-0.15, -0.1) is 0 Å². The zero-order chi connectivity index (χ0) is 12.9. The number of carbonyl (C=O) groups is 2. The smallest absolute Gasteiger partial charge is 0.341 e. The number of carbonyl (C=O) groups excluding carboxylic acids is 2. The molecular weight excluding hydrogens is 242 g/mol. The first-order valence-electron chi connectivity index (χ1n) is 5.17. The summed E-state index contributed by atoms with van der Waals surface area (Å²) >= 11 is 0. The monoisotopic (exact) mass is 248 g/mol. The van der Waals surface area contributed by atoms with Crippen LogP contribution >= 0.6 is 0 Å². The Morgan fingerprint density at radius 2 is 1.94 bits per heavy atom. The van der Waals surface area contributed by atoms with Crippen LogP contribution in [0.3, 0.4) is 0 Å². The average molecular weight is 248 g/mol. The Kier molecular flexibility index (Phi) is 2.02. The molecule has 5 heteroatoms. The van der Waals surface area contributed by atoms with Crippen molar-refractivity contribution in [2.45, 2.75) is 5.85 Å². The summed E-state index contributed by atoms with van der Waals surface area (Å²) in [6.07, 6.45) is 2.84. The standard InChI is InChI=1S/C13H6F2O3/c14-7-1-2-9-10(5-7)11-6-8(16)3-4-13(11,15)18-12(9)17/h1-6H. The molecule has 0 aromatic heterocycles. The van der Waals surface area contributed by atoms with Gasteiger partial charge in [-0.1, -0.05) is 0 Å². The summed E-state index contributed by atoms with van der Waals surface area (Å²) in [6, 6.07) is 3.30. The number of benzene rings is 1. The van der Waals surface area contributed by atoms with E-state index >= 15 is 0 Å². The van der Waals surface area contributed by atoms with Crippen molar-refractivity contribution in [3.63, 3.8) is 0 Å². The zero-order valence-electron chi connectivity index (χ0n) is 8.94. The lowest BCUT2D eigenvalue weighted by Gasteiger charge is -2.32. The number of ether oxygens (including phenoxy) is 1. The van der Waals surface area contributed by atoms with Crippen LogP contribution in [-0.2, 0) is 9.53 Å². The van der Waals surface area contributed by atoms with Gasteiger partial charge in [0.25, 0.3) is 5.85 Å². The molecule has 0 fully saturated rings. The van der Waals surface area contributed by atoms with Gasteiger partial charge in [0.1, 0.15) is 5.82 Å². The number of halogens is 2. The molecule has 1 heterocycles. The molecule has 1 aromatic carbocycles. The Hall–Kier alpha value is -2.30. The quantitative estimate of drug-likeness (QED) is 0.661. The minimum Gasteiger partial charge on any atom is -0.417 e. The number of allylic oxidation sites excluding steroid dienone is 2. The number of rotatable bonds is 0. The van der Waals surface area contributed by atoms with E-state index < -0.39 is 23.4 Å². The second kappa shape index (κ2) is 3.35. The molecule has 0 bridgehead atoms. The molecule has 1 aromatic rings. The summed E-state index contributed by atoms with van der Waals surface area (Å²) < 4.78 is 32.2. The van der Waals surface area contributed by atoms with Crippen LogP contribution in [0, 0.1) is 5.82 Å². The lowest BCUT2D eigenvalue weighted by molar-refractivity contribution is -0.111. The Bertz CT molecular complexity index is 646. The van der Waals surface area contributed by atoms with Crippen molar-refractivity contribution in [3.05, 3.63) is 53.4 Å². The van der Waals surface area contributed by atoms with E-state index in [1.54, 1.807) is 0 Å². The van der Waals surface area contributed by atoms with Crippen molar-refractivity contribution < 1.29 is 23.1 Å². The molecular formula is C13H6F2O3. The van der Waals surface area contributed by atoms with Crippen LogP contribution in [0.15, 0.2) is 36.4 Å². The van der Waals surface area contributed by atoms with E-state index in [-0.39, 0.29) is 16.7 Å². The van der Waals surface area contributed by atoms with Gasteiger partial charge in [-0.05, 0) is 30.4 Å². The number of fused-ring (bicyclic) bond motifs is 3. The van der Waals surface area contributed by atoms with Crippen LogP contribution < -0.4 is 0 Å². The summed E-state index contributed by atoms with van der Waals surface area (Å²) in [5.41, 5.74) is -0.0606. The lowest BCUT2D eigenvalue weighted by atomic mass is 9.87. The van der Waals surface area contributed by atoms with Gasteiger partial charge in [0, 0.05) is 17.2 Å². The fraction of sp³-hybridized carbons (Fsp3) is 0.0769. The molecule has 3 rings (SSSR count). The van der Waals surface area contributed by atoms with E-state index in [0.717, 1.165) is 30.4 Å². The van der Waals surface area contributed by atoms with Crippen LogP contribution in [0.4, 0.5) is 8.78 Å². The van der Waals surface area contributed by atoms with E-state index in [0.29, 0.717) is 0 Å². The highest BCUT2D eigenvalue weighted by molar-refractivity contribution is 6.11. The molecule has 1 atom stereocenters. The predicted molar refractivity (Wildman–Crippen MR) is 57.8 cm³/mol. The first-order chi connectivity index (χ1) is 8.49. The van der Waals surface area contributed by atoms with Gasteiger partial charge < -0.3 is 4.74 Å². The Morgan fingerprint density at radius 1 is 1.17 bits per heavy atom. The molecule has 1 aliphatic carbocycles. The summed E-state index contributed by atoms with van der Waals surface area (Å²) in [5.74, 6) is -4.44. The number of alkyl halides is 1. The second-order valence-electron chi connectivity index (χ2n) is 4.02. The highest BCUT2D eigenvalue weighted by atomic mass is 19.2. The third kappa shape index (κ3) is 1.40. The first-order valence-corrected chi connectivity index (χ1v) is 5.17. The summed E-state index contributed by atoms with van der Waals surface area (Å²) in [4.78, 5) is 22.9. The maximum Gasteiger partial charge on any atom is 0.341 e. The first kappa shape index (κ1) is 10.8. The summed E-state index contributed by atoms with van der Waals surface area (Å²) in [5, 5.41) is 0. The van der Waals surface area contributed by atoms with E-state index in [4.69, 9.17) is 0 Å². The molecule has 3 nitrogen and oxygen atoms in total. The van der Waals surface area contributed by atoms with E-state index in [2.05, 4.69) is 4.74 Å². The van der Waals surface area contributed by atoms with E-state index in [1.165, 1.54) is 6.07 Å². The number of hydrogen-bond acceptors (Lipinski definition) is 3. The molecule has 2 aliphatic rings. The Balaban J connectivity index is 2.29. The maximum absolute atomic E-state index is 14.4. The fourth-order valence-corrected chi connectivity index (χ4v) is 2.03. The van der Waals surface area contributed by atoms with Gasteiger partial charge in [0.05, 0.1) is 5.56 Å². The molecule has 0 amide bonds. The fourth-order valence-electron chi connectivity index (χ4n) is 2.03. The zero-order valence-corrected chi connectivity index (χ0v) is 8.94. The van der Waals surface area contributed by atoms with Gasteiger partial charge in [-0.25, -0.2) is 9.18 Å². The maximum atomic E-state index is 14.4. The van der Waals surface area contributed by atoms with Crippen molar-refractivity contribution >= 4 is 17.3 Å². The van der Waals surface area contributed by atoms with Crippen molar-refractivity contribution in [2.75, 3.05) is 0 Å². The minimum absolute atomic E-state index is 0.0408. The Labute approximate surface area is 100 Å². The largest absolute Gasteiger partial charge is 0.417 e. The van der Waals surface area contributed by atoms with E-state index in [1.807, 2.05) is 0 Å².